The molecule has 152 valence electrons. The molecule has 4 amide bonds. The molecule has 4 rings (SSSR count). The number of hydrogen-bond acceptors (Lipinski definition) is 7. The number of carbonyl (C=O) groups is 4. The molecule has 2 fully saturated rings. The van der Waals surface area contributed by atoms with Gasteiger partial charge in [-0.05, 0) is 50.5 Å². The summed E-state index contributed by atoms with van der Waals surface area (Å²) in [6.07, 6.45) is 4.44. The van der Waals surface area contributed by atoms with Crippen LogP contribution < -0.4 is 10.6 Å². The van der Waals surface area contributed by atoms with Crippen molar-refractivity contribution in [3.8, 4) is 6.07 Å². The van der Waals surface area contributed by atoms with E-state index in [1.54, 1.807) is 6.92 Å². The maximum atomic E-state index is 12.5. The summed E-state index contributed by atoms with van der Waals surface area (Å²) in [5.41, 5.74) is 0.491. The van der Waals surface area contributed by atoms with Crippen LogP contribution in [-0.2, 0) is 32.0 Å². The number of anilines is 1. The number of nitriles is 1. The van der Waals surface area contributed by atoms with Gasteiger partial charge in [-0.25, -0.2) is 4.79 Å². The predicted octanol–water partition coefficient (Wildman–Crippen LogP) is 1.31. The number of nitrogens with zero attached hydrogens (tertiary/aromatic N) is 2. The summed E-state index contributed by atoms with van der Waals surface area (Å²) < 4.78 is 4.93. The molecule has 0 radical (unpaired) electrons. The summed E-state index contributed by atoms with van der Waals surface area (Å²) in [6, 6.07) is 1.50. The largest absolute Gasteiger partial charge is 0.454 e. The number of hydrogen-bond donors (Lipinski definition) is 2. The minimum Gasteiger partial charge on any atom is -0.454 e. The normalized spacial score (nSPS) is 22.8. The fourth-order valence-corrected chi connectivity index (χ4v) is 5.15. The Kier molecular flexibility index (Phi) is 4.78. The summed E-state index contributed by atoms with van der Waals surface area (Å²) in [7, 11) is 0. The average Bonchev–Trinajstić information content (AvgIpc) is 3.31. The van der Waals surface area contributed by atoms with Gasteiger partial charge in [0.05, 0.1) is 5.56 Å². The van der Waals surface area contributed by atoms with Gasteiger partial charge in [-0.2, -0.15) is 5.26 Å². The highest BCUT2D eigenvalue weighted by Crippen LogP contribution is 2.42. The number of fused-ring (bicyclic) bond motifs is 1. The number of rotatable bonds is 6. The number of nitrogens with one attached hydrogen (secondary N) is 2. The van der Waals surface area contributed by atoms with E-state index in [-0.39, 0.29) is 5.92 Å². The van der Waals surface area contributed by atoms with Crippen molar-refractivity contribution in [1.82, 2.24) is 10.2 Å². The zero-order valence-electron chi connectivity index (χ0n) is 15.9. The highest BCUT2D eigenvalue weighted by atomic mass is 32.1. The van der Waals surface area contributed by atoms with Crippen molar-refractivity contribution < 1.29 is 23.9 Å². The molecule has 0 bridgehead atoms. The zero-order chi connectivity index (χ0) is 20.8. The van der Waals surface area contributed by atoms with Gasteiger partial charge in [-0.1, -0.05) is 0 Å². The monoisotopic (exact) mass is 416 g/mol. The second-order valence-corrected chi connectivity index (χ2v) is 8.79. The molecule has 9 nitrogen and oxygen atoms in total. The lowest BCUT2D eigenvalue weighted by atomic mass is 9.96. The Labute approximate surface area is 171 Å². The smallest absolute Gasteiger partial charge is 0.326 e. The number of urea groups is 1. The second-order valence-electron chi connectivity index (χ2n) is 7.68. The number of imide groups is 1. The molecule has 1 aliphatic heterocycles. The van der Waals surface area contributed by atoms with E-state index in [0.717, 1.165) is 47.4 Å². The lowest BCUT2D eigenvalue weighted by molar-refractivity contribution is -0.150. The number of ether oxygens (including phenoxy) is 1. The first-order valence-corrected chi connectivity index (χ1v) is 10.3. The Morgan fingerprint density at radius 2 is 2.14 bits per heavy atom. The van der Waals surface area contributed by atoms with Crippen LogP contribution in [0.15, 0.2) is 0 Å². The number of amides is 4. The van der Waals surface area contributed by atoms with Gasteiger partial charge in [-0.3, -0.25) is 19.3 Å². The van der Waals surface area contributed by atoms with Crippen LogP contribution >= 0.6 is 11.3 Å². The van der Waals surface area contributed by atoms with E-state index >= 15 is 0 Å². The summed E-state index contributed by atoms with van der Waals surface area (Å²) in [5.74, 6) is -1.78. The number of carbonyl (C=O) groups excluding carboxylic acids is 4. The molecule has 2 heterocycles. The Morgan fingerprint density at radius 1 is 1.38 bits per heavy atom. The van der Waals surface area contributed by atoms with Gasteiger partial charge in [0.25, 0.3) is 11.8 Å². The maximum absolute atomic E-state index is 12.5. The standard InChI is InChI=1S/C19H20N4O5S/c1-19(10-5-6-10)17(26)23(18(27)22-19)8-15(25)28-9-14(24)21-16-12(7-20)11-3-2-4-13(11)29-16/h10H,2-6,8-9H2,1H3,(H,21,24)(H,22,27)/t19-/m0/s1. The summed E-state index contributed by atoms with van der Waals surface area (Å²) in [5, 5.41) is 15.1. The number of esters is 1. The number of aryl methyl sites for hydroxylation is 1. The topological polar surface area (TPSA) is 129 Å². The van der Waals surface area contributed by atoms with Crippen molar-refractivity contribution in [1.29, 1.82) is 5.26 Å². The first kappa shape index (κ1) is 19.4. The molecule has 3 aliphatic rings. The molecule has 1 aromatic heterocycles. The zero-order valence-corrected chi connectivity index (χ0v) is 16.7. The number of thiophene rings is 1. The van der Waals surface area contributed by atoms with Crippen molar-refractivity contribution in [3.05, 3.63) is 16.0 Å². The van der Waals surface area contributed by atoms with Crippen molar-refractivity contribution >= 4 is 40.2 Å². The molecule has 1 saturated carbocycles. The summed E-state index contributed by atoms with van der Waals surface area (Å²) in [6.45, 7) is 0.557. The molecule has 10 heteroatoms. The van der Waals surface area contributed by atoms with E-state index < -0.39 is 42.5 Å². The third-order valence-corrected chi connectivity index (χ3v) is 6.84. The average molecular weight is 416 g/mol. The first-order chi connectivity index (χ1) is 13.8. The van der Waals surface area contributed by atoms with Crippen molar-refractivity contribution in [2.75, 3.05) is 18.5 Å². The van der Waals surface area contributed by atoms with Gasteiger partial charge >= 0.3 is 12.0 Å². The Hall–Kier alpha value is -2.93. The molecule has 1 atom stereocenters. The Balaban J connectivity index is 1.30. The predicted molar refractivity (Wildman–Crippen MR) is 102 cm³/mol. The van der Waals surface area contributed by atoms with Gasteiger partial charge < -0.3 is 15.4 Å². The molecule has 0 unspecified atom stereocenters. The van der Waals surface area contributed by atoms with Crippen LogP contribution in [0.25, 0.3) is 0 Å². The molecule has 29 heavy (non-hydrogen) atoms. The van der Waals surface area contributed by atoms with Crippen LogP contribution in [0.5, 0.6) is 0 Å². The highest BCUT2D eigenvalue weighted by Gasteiger charge is 2.56. The van der Waals surface area contributed by atoms with Gasteiger partial charge in [0.2, 0.25) is 0 Å². The molecular formula is C19H20N4O5S. The molecular weight excluding hydrogens is 396 g/mol. The van der Waals surface area contributed by atoms with Crippen LogP contribution in [0.1, 0.15) is 42.2 Å². The molecule has 1 aromatic rings. The van der Waals surface area contributed by atoms with Crippen LogP contribution in [0, 0.1) is 17.2 Å². The SMILES string of the molecule is C[C@@]1(C2CC2)NC(=O)N(CC(=O)OCC(=O)Nc2sc3c(c2C#N)CCC3)C1=O. The van der Waals surface area contributed by atoms with E-state index in [4.69, 9.17) is 4.74 Å². The van der Waals surface area contributed by atoms with Crippen LogP contribution in [0.3, 0.4) is 0 Å². The molecule has 0 spiro atoms. The minimum absolute atomic E-state index is 0.0903. The fourth-order valence-electron chi connectivity index (χ4n) is 3.89. The Morgan fingerprint density at radius 3 is 2.83 bits per heavy atom. The molecule has 0 aromatic carbocycles. The van der Waals surface area contributed by atoms with E-state index in [1.165, 1.54) is 11.3 Å². The fraction of sp³-hybridized carbons (Fsp3) is 0.526. The third-order valence-electron chi connectivity index (χ3n) is 5.63. The van der Waals surface area contributed by atoms with Crippen LogP contribution in [0.4, 0.5) is 9.80 Å². The van der Waals surface area contributed by atoms with Gasteiger partial charge in [-0.15, -0.1) is 11.3 Å². The maximum Gasteiger partial charge on any atom is 0.326 e. The lowest BCUT2D eigenvalue weighted by Crippen LogP contribution is -2.46. The molecule has 1 saturated heterocycles. The Bertz CT molecular complexity index is 961. The minimum atomic E-state index is -0.970. The quantitative estimate of drug-likeness (QED) is 0.531. The van der Waals surface area contributed by atoms with E-state index in [2.05, 4.69) is 16.7 Å². The van der Waals surface area contributed by atoms with Crippen molar-refractivity contribution in [2.45, 2.75) is 44.6 Å². The second kappa shape index (κ2) is 7.15. The highest BCUT2D eigenvalue weighted by molar-refractivity contribution is 7.16. The van der Waals surface area contributed by atoms with E-state index in [0.29, 0.717) is 10.6 Å². The van der Waals surface area contributed by atoms with Crippen LogP contribution in [-0.4, -0.2) is 47.4 Å². The van der Waals surface area contributed by atoms with Gasteiger partial charge in [0, 0.05) is 4.88 Å². The van der Waals surface area contributed by atoms with E-state index in [1.807, 2.05) is 0 Å². The first-order valence-electron chi connectivity index (χ1n) is 9.47. The summed E-state index contributed by atoms with van der Waals surface area (Å²) in [4.78, 5) is 50.7. The molecule has 2 aliphatic carbocycles. The lowest BCUT2D eigenvalue weighted by Gasteiger charge is -2.20. The molecule has 2 N–H and O–H groups in total. The van der Waals surface area contributed by atoms with Gasteiger partial charge in [0.15, 0.2) is 6.61 Å². The van der Waals surface area contributed by atoms with Crippen molar-refractivity contribution in [3.63, 3.8) is 0 Å². The van der Waals surface area contributed by atoms with Gasteiger partial charge in [0.1, 0.15) is 23.2 Å². The third kappa shape index (κ3) is 3.46. The van der Waals surface area contributed by atoms with E-state index in [9.17, 15) is 24.4 Å². The summed E-state index contributed by atoms with van der Waals surface area (Å²) >= 11 is 1.37. The van der Waals surface area contributed by atoms with Crippen molar-refractivity contribution in [2.24, 2.45) is 5.92 Å². The van der Waals surface area contributed by atoms with Crippen LogP contribution in [0.2, 0.25) is 0 Å².